The van der Waals surface area contributed by atoms with E-state index in [0.717, 1.165) is 6.42 Å². The largest absolute Gasteiger partial charge is 0.481 e. The third-order valence-corrected chi connectivity index (χ3v) is 3.32. The fourth-order valence-electron chi connectivity index (χ4n) is 1.81. The van der Waals surface area contributed by atoms with Crippen molar-refractivity contribution in [1.29, 1.82) is 0 Å². The molecule has 0 aromatic heterocycles. The number of carbonyl (C=O) groups is 2. The van der Waals surface area contributed by atoms with Gasteiger partial charge in [0.05, 0.1) is 0 Å². The molecule has 0 aliphatic heterocycles. The second kappa shape index (κ2) is 3.13. The van der Waals surface area contributed by atoms with Gasteiger partial charge >= 0.3 is 5.97 Å². The zero-order valence-corrected chi connectivity index (χ0v) is 8.33. The predicted octanol–water partition coefficient (Wildman–Crippen LogP) is 1.71. The van der Waals surface area contributed by atoms with Gasteiger partial charge in [0.25, 0.3) is 0 Å². The zero-order chi connectivity index (χ0) is 10.2. The van der Waals surface area contributed by atoms with Crippen LogP contribution in [-0.2, 0) is 9.59 Å². The van der Waals surface area contributed by atoms with E-state index in [-0.39, 0.29) is 17.1 Å². The van der Waals surface area contributed by atoms with Gasteiger partial charge in [0, 0.05) is 5.92 Å². The summed E-state index contributed by atoms with van der Waals surface area (Å²) in [4.78, 5) is 22.3. The van der Waals surface area contributed by atoms with E-state index in [1.165, 1.54) is 0 Å². The van der Waals surface area contributed by atoms with Crippen LogP contribution in [-0.4, -0.2) is 16.9 Å². The van der Waals surface area contributed by atoms with Crippen molar-refractivity contribution >= 4 is 11.8 Å². The lowest BCUT2D eigenvalue weighted by atomic mass is 9.65. The molecule has 0 radical (unpaired) electrons. The van der Waals surface area contributed by atoms with Crippen molar-refractivity contribution in [2.24, 2.45) is 17.3 Å². The van der Waals surface area contributed by atoms with Crippen LogP contribution in [0.15, 0.2) is 0 Å². The molecule has 2 atom stereocenters. The first-order valence-electron chi connectivity index (χ1n) is 4.63. The Labute approximate surface area is 78.1 Å². The molecular formula is C10H16O3. The molecule has 1 aliphatic carbocycles. The van der Waals surface area contributed by atoms with E-state index in [0.29, 0.717) is 6.42 Å². The third-order valence-electron chi connectivity index (χ3n) is 3.32. The summed E-state index contributed by atoms with van der Waals surface area (Å²) in [6.07, 6.45) is 1.31. The van der Waals surface area contributed by atoms with Gasteiger partial charge in [0.2, 0.25) is 0 Å². The van der Waals surface area contributed by atoms with E-state index in [2.05, 4.69) is 0 Å². The summed E-state index contributed by atoms with van der Waals surface area (Å²) in [6, 6.07) is 0. The smallest absolute Gasteiger partial charge is 0.314 e. The molecule has 1 fully saturated rings. The van der Waals surface area contributed by atoms with E-state index in [4.69, 9.17) is 5.11 Å². The first-order valence-corrected chi connectivity index (χ1v) is 4.63. The fraction of sp³-hybridized carbons (Fsp3) is 0.800. The maximum absolute atomic E-state index is 11.6. The molecule has 0 saturated heterocycles. The Morgan fingerprint density at radius 3 is 2.54 bits per heavy atom. The topological polar surface area (TPSA) is 54.4 Å². The van der Waals surface area contributed by atoms with Crippen molar-refractivity contribution in [2.45, 2.75) is 33.6 Å². The molecule has 74 valence electrons. The van der Waals surface area contributed by atoms with Crippen LogP contribution < -0.4 is 0 Å². The van der Waals surface area contributed by atoms with Crippen molar-refractivity contribution in [1.82, 2.24) is 0 Å². The number of hydrogen-bond donors (Lipinski definition) is 1. The molecule has 1 rings (SSSR count). The summed E-state index contributed by atoms with van der Waals surface area (Å²) >= 11 is 0. The molecule has 1 aliphatic rings. The minimum absolute atomic E-state index is 0.0387. The van der Waals surface area contributed by atoms with Crippen molar-refractivity contribution in [3.05, 3.63) is 0 Å². The van der Waals surface area contributed by atoms with Crippen molar-refractivity contribution < 1.29 is 14.7 Å². The highest BCUT2D eigenvalue weighted by atomic mass is 16.4. The SMILES string of the molecule is CC1C(=O)C(C(=O)O)CCC1(C)C. The standard InChI is InChI=1S/C10H16O3/c1-6-8(11)7(9(12)13)4-5-10(6,2)3/h6-7H,4-5H2,1-3H3,(H,12,13). The molecule has 2 unspecified atom stereocenters. The Bertz CT molecular complexity index is 243. The number of carboxylic acids is 1. The van der Waals surface area contributed by atoms with Gasteiger partial charge in [-0.25, -0.2) is 0 Å². The Kier molecular flexibility index (Phi) is 2.46. The monoisotopic (exact) mass is 184 g/mol. The van der Waals surface area contributed by atoms with Crippen LogP contribution in [0.25, 0.3) is 0 Å². The van der Waals surface area contributed by atoms with Gasteiger partial charge in [0.15, 0.2) is 0 Å². The maximum Gasteiger partial charge on any atom is 0.314 e. The molecule has 0 spiro atoms. The van der Waals surface area contributed by atoms with Gasteiger partial charge in [-0.15, -0.1) is 0 Å². The molecule has 0 aromatic rings. The Morgan fingerprint density at radius 2 is 2.08 bits per heavy atom. The molecule has 1 saturated carbocycles. The van der Waals surface area contributed by atoms with Crippen molar-refractivity contribution in [3.63, 3.8) is 0 Å². The summed E-state index contributed by atoms with van der Waals surface area (Å²) in [5.74, 6) is -1.97. The number of carboxylic acid groups (broad SMARTS) is 1. The molecule has 0 bridgehead atoms. The fourth-order valence-corrected chi connectivity index (χ4v) is 1.81. The first-order chi connectivity index (χ1) is 5.86. The van der Waals surface area contributed by atoms with Crippen LogP contribution in [0.1, 0.15) is 33.6 Å². The number of aliphatic carboxylic acids is 1. The summed E-state index contributed by atoms with van der Waals surface area (Å²) in [5.41, 5.74) is -0.0387. The van der Waals surface area contributed by atoms with Crippen LogP contribution in [0.5, 0.6) is 0 Å². The number of ketones is 1. The molecule has 3 heteroatoms. The Hall–Kier alpha value is -0.860. The number of hydrogen-bond acceptors (Lipinski definition) is 2. The van der Waals surface area contributed by atoms with Crippen LogP contribution in [0.2, 0.25) is 0 Å². The average molecular weight is 184 g/mol. The molecule has 1 N–H and O–H groups in total. The summed E-state index contributed by atoms with van der Waals surface area (Å²) < 4.78 is 0. The lowest BCUT2D eigenvalue weighted by Crippen LogP contribution is -2.41. The van der Waals surface area contributed by atoms with Crippen molar-refractivity contribution in [2.75, 3.05) is 0 Å². The molecule has 0 heterocycles. The minimum atomic E-state index is -0.965. The van der Waals surface area contributed by atoms with Gasteiger partial charge in [-0.3, -0.25) is 9.59 Å². The maximum atomic E-state index is 11.6. The van der Waals surface area contributed by atoms with E-state index < -0.39 is 11.9 Å². The number of rotatable bonds is 1. The van der Waals surface area contributed by atoms with Crippen LogP contribution in [0.3, 0.4) is 0 Å². The summed E-state index contributed by atoms with van der Waals surface area (Å²) in [5, 5.41) is 8.78. The molecule has 0 amide bonds. The first kappa shape index (κ1) is 10.2. The molecule has 3 nitrogen and oxygen atoms in total. The van der Waals surface area contributed by atoms with E-state index >= 15 is 0 Å². The number of Topliss-reactive ketones (excluding diaryl/α,β-unsaturated/α-hetero) is 1. The average Bonchev–Trinajstić information content (AvgIpc) is 2.00. The van der Waals surface area contributed by atoms with Gasteiger partial charge in [-0.05, 0) is 18.3 Å². The molecule has 13 heavy (non-hydrogen) atoms. The minimum Gasteiger partial charge on any atom is -0.481 e. The highest BCUT2D eigenvalue weighted by Crippen LogP contribution is 2.40. The van der Waals surface area contributed by atoms with Gasteiger partial charge in [0.1, 0.15) is 11.7 Å². The summed E-state index contributed by atoms with van der Waals surface area (Å²) in [6.45, 7) is 5.87. The van der Waals surface area contributed by atoms with Crippen LogP contribution >= 0.6 is 0 Å². The van der Waals surface area contributed by atoms with E-state index in [1.807, 2.05) is 20.8 Å². The van der Waals surface area contributed by atoms with Gasteiger partial charge in [-0.1, -0.05) is 20.8 Å². The second-order valence-corrected chi connectivity index (χ2v) is 4.54. The Morgan fingerprint density at radius 1 is 1.54 bits per heavy atom. The van der Waals surface area contributed by atoms with Crippen molar-refractivity contribution in [3.8, 4) is 0 Å². The zero-order valence-electron chi connectivity index (χ0n) is 8.33. The van der Waals surface area contributed by atoms with E-state index in [9.17, 15) is 9.59 Å². The second-order valence-electron chi connectivity index (χ2n) is 4.54. The van der Waals surface area contributed by atoms with Crippen LogP contribution in [0.4, 0.5) is 0 Å². The van der Waals surface area contributed by atoms with Gasteiger partial charge in [-0.2, -0.15) is 0 Å². The highest BCUT2D eigenvalue weighted by Gasteiger charge is 2.42. The summed E-state index contributed by atoms with van der Waals surface area (Å²) in [7, 11) is 0. The third kappa shape index (κ3) is 1.74. The highest BCUT2D eigenvalue weighted by molar-refractivity contribution is 6.00. The van der Waals surface area contributed by atoms with E-state index in [1.54, 1.807) is 0 Å². The van der Waals surface area contributed by atoms with Crippen LogP contribution in [0, 0.1) is 17.3 Å². The molecule has 0 aromatic carbocycles. The predicted molar refractivity (Wildman–Crippen MR) is 48.3 cm³/mol. The quantitative estimate of drug-likeness (QED) is 0.631. The van der Waals surface area contributed by atoms with Gasteiger partial charge < -0.3 is 5.11 Å². The normalized spacial score (nSPS) is 33.0. The Balaban J connectivity index is 2.83. The lowest BCUT2D eigenvalue weighted by Gasteiger charge is -2.37. The molecular weight excluding hydrogens is 168 g/mol. The lowest BCUT2D eigenvalue weighted by molar-refractivity contribution is -0.151. The number of carbonyl (C=O) groups excluding carboxylic acids is 1.